The van der Waals surface area contributed by atoms with E-state index in [1.54, 1.807) is 12.1 Å². The van der Waals surface area contributed by atoms with Gasteiger partial charge in [-0.05, 0) is 66.9 Å². The lowest BCUT2D eigenvalue weighted by Crippen LogP contribution is -2.60. The zero-order chi connectivity index (χ0) is 17.7. The minimum Gasteiger partial charge on any atom is -0.471 e. The van der Waals surface area contributed by atoms with Crippen LogP contribution in [0.5, 0.6) is 5.75 Å². The maximum absolute atomic E-state index is 13.3. The SMILES string of the molecule is Fc1ccc(C2=CC3c4cc(Cl)ccc4OC4(CCCCC4)N3N2)cc1. The molecule has 1 spiro atoms. The molecule has 2 aliphatic heterocycles. The van der Waals surface area contributed by atoms with E-state index in [1.807, 2.05) is 18.2 Å². The summed E-state index contributed by atoms with van der Waals surface area (Å²) in [7, 11) is 0. The highest BCUT2D eigenvalue weighted by Gasteiger charge is 2.50. The largest absolute Gasteiger partial charge is 0.471 e. The van der Waals surface area contributed by atoms with E-state index in [9.17, 15) is 4.39 Å². The number of nitrogens with zero attached hydrogens (tertiary/aromatic N) is 1. The highest BCUT2D eigenvalue weighted by molar-refractivity contribution is 6.30. The van der Waals surface area contributed by atoms with Crippen LogP contribution in [-0.4, -0.2) is 10.7 Å². The Morgan fingerprint density at radius 3 is 2.62 bits per heavy atom. The van der Waals surface area contributed by atoms with Gasteiger partial charge in [0.1, 0.15) is 11.6 Å². The molecule has 1 atom stereocenters. The zero-order valence-corrected chi connectivity index (χ0v) is 15.1. The number of hydrogen-bond donors (Lipinski definition) is 1. The Bertz CT molecular complexity index is 874. The summed E-state index contributed by atoms with van der Waals surface area (Å²) in [6, 6.07) is 12.5. The molecular weight excluding hydrogens is 351 g/mol. The Kier molecular flexibility index (Phi) is 3.73. The lowest BCUT2D eigenvalue weighted by Gasteiger charge is -2.50. The fourth-order valence-corrected chi connectivity index (χ4v) is 4.57. The predicted octanol–water partition coefficient (Wildman–Crippen LogP) is 5.43. The van der Waals surface area contributed by atoms with E-state index in [0.717, 1.165) is 48.3 Å². The normalized spacial score (nSPS) is 23.6. The van der Waals surface area contributed by atoms with Crippen molar-refractivity contribution in [1.82, 2.24) is 10.4 Å². The van der Waals surface area contributed by atoms with E-state index in [2.05, 4.69) is 16.5 Å². The molecule has 1 unspecified atom stereocenters. The Hall–Kier alpha value is -2.04. The summed E-state index contributed by atoms with van der Waals surface area (Å²) >= 11 is 6.26. The minimum absolute atomic E-state index is 0.0515. The van der Waals surface area contributed by atoms with Crippen molar-refractivity contribution in [3.63, 3.8) is 0 Å². The first-order valence-corrected chi connectivity index (χ1v) is 9.55. The van der Waals surface area contributed by atoms with E-state index >= 15 is 0 Å². The first-order chi connectivity index (χ1) is 12.6. The van der Waals surface area contributed by atoms with Gasteiger partial charge >= 0.3 is 0 Å². The monoisotopic (exact) mass is 370 g/mol. The third kappa shape index (κ3) is 2.51. The van der Waals surface area contributed by atoms with Gasteiger partial charge in [0, 0.05) is 23.4 Å². The molecule has 2 aromatic rings. The van der Waals surface area contributed by atoms with Crippen molar-refractivity contribution in [3.05, 3.63) is 70.5 Å². The molecular formula is C21H20ClFN2O. The number of rotatable bonds is 1. The highest BCUT2D eigenvalue weighted by atomic mass is 35.5. The summed E-state index contributed by atoms with van der Waals surface area (Å²) in [5.74, 6) is 0.685. The van der Waals surface area contributed by atoms with Crippen molar-refractivity contribution in [2.24, 2.45) is 0 Å². The van der Waals surface area contributed by atoms with Gasteiger partial charge in [-0.3, -0.25) is 0 Å². The van der Waals surface area contributed by atoms with Gasteiger partial charge in [-0.2, -0.15) is 5.01 Å². The van der Waals surface area contributed by atoms with Crippen molar-refractivity contribution >= 4 is 17.3 Å². The van der Waals surface area contributed by atoms with Crippen LogP contribution in [0.4, 0.5) is 4.39 Å². The quantitative estimate of drug-likeness (QED) is 0.724. The van der Waals surface area contributed by atoms with Crippen molar-refractivity contribution in [1.29, 1.82) is 0 Å². The number of halogens is 2. The number of nitrogens with one attached hydrogen (secondary N) is 1. The minimum atomic E-state index is -0.345. The molecule has 3 nitrogen and oxygen atoms in total. The van der Waals surface area contributed by atoms with Crippen LogP contribution in [0.25, 0.3) is 5.70 Å². The third-order valence-electron chi connectivity index (χ3n) is 5.66. The molecule has 0 aromatic heterocycles. The second-order valence-electron chi connectivity index (χ2n) is 7.30. The van der Waals surface area contributed by atoms with Gasteiger partial charge in [-0.15, -0.1) is 0 Å². The van der Waals surface area contributed by atoms with Crippen LogP contribution >= 0.6 is 11.6 Å². The first kappa shape index (κ1) is 16.2. The van der Waals surface area contributed by atoms with Crippen molar-refractivity contribution in [2.75, 3.05) is 0 Å². The van der Waals surface area contributed by atoms with Gasteiger partial charge < -0.3 is 10.2 Å². The standard InChI is InChI=1S/C21H20ClFN2O/c22-15-6-9-20-17(12-15)19-13-18(14-4-7-16(23)8-5-14)24-25(19)21(26-20)10-2-1-3-11-21/h4-9,12-13,19,24H,1-3,10-11H2. The third-order valence-corrected chi connectivity index (χ3v) is 5.90. The van der Waals surface area contributed by atoms with Crippen LogP contribution in [0.15, 0.2) is 48.5 Å². The average molecular weight is 371 g/mol. The van der Waals surface area contributed by atoms with Gasteiger partial charge in [0.05, 0.1) is 11.7 Å². The molecule has 0 saturated heterocycles. The molecule has 5 rings (SSSR count). The molecule has 1 aliphatic carbocycles. The van der Waals surface area contributed by atoms with Crippen LogP contribution in [0.1, 0.15) is 49.3 Å². The number of benzene rings is 2. The molecule has 2 heterocycles. The van der Waals surface area contributed by atoms with E-state index in [0.29, 0.717) is 5.02 Å². The maximum atomic E-state index is 13.3. The summed E-state index contributed by atoms with van der Waals surface area (Å²) in [5, 5.41) is 2.94. The fraction of sp³-hybridized carbons (Fsp3) is 0.333. The molecule has 0 radical (unpaired) electrons. The molecule has 1 N–H and O–H groups in total. The lowest BCUT2D eigenvalue weighted by atomic mass is 9.87. The summed E-state index contributed by atoms with van der Waals surface area (Å²) in [5.41, 5.74) is 6.23. The second-order valence-corrected chi connectivity index (χ2v) is 7.74. The maximum Gasteiger partial charge on any atom is 0.180 e. The van der Waals surface area contributed by atoms with Gasteiger partial charge in [-0.25, -0.2) is 4.39 Å². The summed E-state index contributed by atoms with van der Waals surface area (Å²) in [4.78, 5) is 0. The summed E-state index contributed by atoms with van der Waals surface area (Å²) in [6.07, 6.45) is 7.72. The first-order valence-electron chi connectivity index (χ1n) is 9.17. The zero-order valence-electron chi connectivity index (χ0n) is 14.3. The summed E-state index contributed by atoms with van der Waals surface area (Å²) < 4.78 is 19.9. The van der Waals surface area contributed by atoms with Crippen LogP contribution in [-0.2, 0) is 0 Å². The van der Waals surface area contributed by atoms with E-state index in [4.69, 9.17) is 16.3 Å². The van der Waals surface area contributed by atoms with E-state index in [-0.39, 0.29) is 17.6 Å². The Morgan fingerprint density at radius 1 is 1.08 bits per heavy atom. The topological polar surface area (TPSA) is 24.5 Å². The van der Waals surface area contributed by atoms with Gasteiger partial charge in [0.25, 0.3) is 0 Å². The highest BCUT2D eigenvalue weighted by Crippen LogP contribution is 2.50. The number of fused-ring (bicyclic) bond motifs is 4. The Balaban J connectivity index is 1.60. The van der Waals surface area contributed by atoms with Gasteiger partial charge in [0.2, 0.25) is 0 Å². The van der Waals surface area contributed by atoms with Crippen molar-refractivity contribution in [3.8, 4) is 5.75 Å². The van der Waals surface area contributed by atoms with Crippen molar-refractivity contribution < 1.29 is 9.13 Å². The molecule has 1 saturated carbocycles. The molecule has 5 heteroatoms. The van der Waals surface area contributed by atoms with Crippen LogP contribution < -0.4 is 10.2 Å². The fourth-order valence-electron chi connectivity index (χ4n) is 4.39. The number of hydrogen-bond acceptors (Lipinski definition) is 3. The lowest BCUT2D eigenvalue weighted by molar-refractivity contribution is -0.150. The summed E-state index contributed by atoms with van der Waals surface area (Å²) in [6.45, 7) is 0. The van der Waals surface area contributed by atoms with Crippen molar-refractivity contribution in [2.45, 2.75) is 43.9 Å². The van der Waals surface area contributed by atoms with Gasteiger partial charge in [-0.1, -0.05) is 18.0 Å². The van der Waals surface area contributed by atoms with Crippen LogP contribution in [0, 0.1) is 5.82 Å². The molecule has 134 valence electrons. The Labute approximate surface area is 157 Å². The number of hydrazine groups is 1. The molecule has 3 aliphatic rings. The second kappa shape index (κ2) is 6.00. The smallest absolute Gasteiger partial charge is 0.180 e. The molecule has 1 fully saturated rings. The Morgan fingerprint density at radius 2 is 1.85 bits per heavy atom. The van der Waals surface area contributed by atoms with Gasteiger partial charge in [0.15, 0.2) is 5.72 Å². The number of ether oxygens (including phenoxy) is 1. The van der Waals surface area contributed by atoms with E-state index in [1.165, 1.54) is 18.6 Å². The average Bonchev–Trinajstić information content (AvgIpc) is 3.11. The van der Waals surface area contributed by atoms with Crippen LogP contribution in [0.2, 0.25) is 5.02 Å². The van der Waals surface area contributed by atoms with Crippen LogP contribution in [0.3, 0.4) is 0 Å². The molecule has 0 bridgehead atoms. The predicted molar refractivity (Wildman–Crippen MR) is 100.0 cm³/mol. The van der Waals surface area contributed by atoms with E-state index < -0.39 is 0 Å². The molecule has 0 amide bonds. The molecule has 26 heavy (non-hydrogen) atoms. The molecule has 2 aromatic carbocycles.